The summed E-state index contributed by atoms with van der Waals surface area (Å²) in [6.07, 6.45) is 5.20. The van der Waals surface area contributed by atoms with E-state index in [9.17, 15) is 4.79 Å². The van der Waals surface area contributed by atoms with Crippen LogP contribution < -0.4 is 9.47 Å². The molecule has 7 nitrogen and oxygen atoms in total. The molecule has 2 aromatic heterocycles. The third kappa shape index (κ3) is 3.15. The van der Waals surface area contributed by atoms with Gasteiger partial charge in [-0.15, -0.1) is 11.3 Å². The summed E-state index contributed by atoms with van der Waals surface area (Å²) in [6.45, 7) is 1.37. The maximum atomic E-state index is 12.6. The molecule has 1 aliphatic carbocycles. The minimum Gasteiger partial charge on any atom is -0.454 e. The topological polar surface area (TPSA) is 77.7 Å². The van der Waals surface area contributed by atoms with Crippen LogP contribution in [0.1, 0.15) is 47.0 Å². The van der Waals surface area contributed by atoms with Crippen molar-refractivity contribution in [3.63, 3.8) is 0 Å². The molecule has 154 valence electrons. The molecule has 1 atom stereocenters. The maximum absolute atomic E-state index is 12.6. The fraction of sp³-hybridized carbons (Fsp3) is 0.409. The van der Waals surface area contributed by atoms with Gasteiger partial charge in [0.1, 0.15) is 0 Å². The molecule has 30 heavy (non-hydrogen) atoms. The number of nitrogens with zero attached hydrogens (tertiary/aromatic N) is 3. The first-order chi connectivity index (χ1) is 14.7. The van der Waals surface area contributed by atoms with Gasteiger partial charge in [0, 0.05) is 30.3 Å². The standard InChI is InChI=1S/C22H21N3O4S/c26-20-9-15(11-25(20)10-13-5-6-16-17(7-13)28-12-27-16)21-23-22(29-24-21)19-8-14-3-1-2-4-18(14)30-19/h5-8,15H,1-4,9-12H2. The number of thiophene rings is 1. The Kier molecular flexibility index (Phi) is 4.26. The van der Waals surface area contributed by atoms with Crippen molar-refractivity contribution in [3.8, 4) is 22.3 Å². The number of ether oxygens (including phenoxy) is 2. The first-order valence-electron chi connectivity index (χ1n) is 10.3. The molecule has 0 bridgehead atoms. The molecule has 1 saturated heterocycles. The monoisotopic (exact) mass is 423 g/mol. The molecule has 6 rings (SSSR count). The Balaban J connectivity index is 1.17. The molecule has 0 saturated carbocycles. The van der Waals surface area contributed by atoms with E-state index in [-0.39, 0.29) is 18.6 Å². The minimum absolute atomic E-state index is 0.0430. The molecule has 3 aromatic rings. The number of carbonyl (C=O) groups is 1. The second-order valence-electron chi connectivity index (χ2n) is 8.09. The number of benzene rings is 1. The van der Waals surface area contributed by atoms with Crippen molar-refractivity contribution in [1.82, 2.24) is 15.0 Å². The Labute approximate surface area is 177 Å². The van der Waals surface area contributed by atoms with E-state index in [4.69, 9.17) is 14.0 Å². The van der Waals surface area contributed by atoms with Crippen LogP contribution in [-0.4, -0.2) is 34.3 Å². The molecule has 1 amide bonds. The summed E-state index contributed by atoms with van der Waals surface area (Å²) in [4.78, 5) is 21.6. The molecule has 3 aliphatic rings. The third-order valence-electron chi connectivity index (χ3n) is 6.04. The molecule has 0 radical (unpaired) electrons. The number of rotatable bonds is 4. The Hall–Kier alpha value is -2.87. The predicted molar refractivity (Wildman–Crippen MR) is 110 cm³/mol. The fourth-order valence-electron chi connectivity index (χ4n) is 4.45. The second-order valence-corrected chi connectivity index (χ2v) is 9.22. The molecule has 0 spiro atoms. The van der Waals surface area contributed by atoms with Crippen LogP contribution >= 0.6 is 11.3 Å². The zero-order chi connectivity index (χ0) is 20.1. The van der Waals surface area contributed by atoms with Crippen LogP contribution in [0.15, 0.2) is 28.8 Å². The summed E-state index contributed by atoms with van der Waals surface area (Å²) >= 11 is 1.76. The summed E-state index contributed by atoms with van der Waals surface area (Å²) in [5, 5.41) is 4.21. The smallest absolute Gasteiger partial charge is 0.268 e. The van der Waals surface area contributed by atoms with Crippen LogP contribution in [0.5, 0.6) is 11.5 Å². The summed E-state index contributed by atoms with van der Waals surface area (Å²) in [5.41, 5.74) is 2.44. The van der Waals surface area contributed by atoms with Crippen LogP contribution in [0.4, 0.5) is 0 Å². The van der Waals surface area contributed by atoms with Gasteiger partial charge in [0.15, 0.2) is 17.3 Å². The van der Waals surface area contributed by atoms with Gasteiger partial charge in [-0.05, 0) is 55.0 Å². The zero-order valence-corrected chi connectivity index (χ0v) is 17.2. The van der Waals surface area contributed by atoms with Crippen molar-refractivity contribution in [2.75, 3.05) is 13.3 Å². The number of likely N-dealkylation sites (tertiary alicyclic amines) is 1. The molecule has 4 heterocycles. The molecule has 0 N–H and O–H groups in total. The van der Waals surface area contributed by atoms with E-state index in [1.807, 2.05) is 23.1 Å². The van der Waals surface area contributed by atoms with E-state index < -0.39 is 0 Å². The van der Waals surface area contributed by atoms with Crippen LogP contribution in [0.25, 0.3) is 10.8 Å². The Morgan fingerprint density at radius 3 is 2.97 bits per heavy atom. The fourth-order valence-corrected chi connectivity index (χ4v) is 5.63. The third-order valence-corrected chi connectivity index (χ3v) is 7.26. The lowest BCUT2D eigenvalue weighted by Gasteiger charge is -2.16. The van der Waals surface area contributed by atoms with Gasteiger partial charge in [0.25, 0.3) is 5.89 Å². The predicted octanol–water partition coefficient (Wildman–Crippen LogP) is 3.92. The Morgan fingerprint density at radius 2 is 2.03 bits per heavy atom. The van der Waals surface area contributed by atoms with Gasteiger partial charge in [0.05, 0.1) is 4.88 Å². The molecule has 1 fully saturated rings. The number of carbonyl (C=O) groups excluding carboxylic acids is 1. The second kappa shape index (κ2) is 7.12. The van der Waals surface area contributed by atoms with Gasteiger partial charge in [0.2, 0.25) is 12.7 Å². The number of hydrogen-bond acceptors (Lipinski definition) is 7. The highest BCUT2D eigenvalue weighted by molar-refractivity contribution is 7.15. The highest BCUT2D eigenvalue weighted by atomic mass is 32.1. The number of hydrogen-bond donors (Lipinski definition) is 0. The lowest BCUT2D eigenvalue weighted by Crippen LogP contribution is -2.24. The van der Waals surface area contributed by atoms with E-state index in [1.54, 1.807) is 11.3 Å². The van der Waals surface area contributed by atoms with Crippen LogP contribution in [0.3, 0.4) is 0 Å². The zero-order valence-electron chi connectivity index (χ0n) is 16.4. The van der Waals surface area contributed by atoms with Crippen LogP contribution in [0.2, 0.25) is 0 Å². The molecule has 1 aromatic carbocycles. The van der Waals surface area contributed by atoms with Gasteiger partial charge in [-0.25, -0.2) is 0 Å². The first-order valence-corrected chi connectivity index (χ1v) is 11.2. The van der Waals surface area contributed by atoms with Gasteiger partial charge >= 0.3 is 0 Å². The van der Waals surface area contributed by atoms with E-state index in [0.29, 0.717) is 31.2 Å². The van der Waals surface area contributed by atoms with Gasteiger partial charge in [-0.2, -0.15) is 4.98 Å². The molecular weight excluding hydrogens is 402 g/mol. The largest absolute Gasteiger partial charge is 0.454 e. The Bertz CT molecular complexity index is 1100. The maximum Gasteiger partial charge on any atom is 0.268 e. The summed E-state index contributed by atoms with van der Waals surface area (Å²) in [5.74, 6) is 2.74. The van der Waals surface area contributed by atoms with Crippen molar-refractivity contribution in [2.24, 2.45) is 0 Å². The number of amides is 1. The normalized spacial score (nSPS) is 20.1. The number of fused-ring (bicyclic) bond motifs is 2. The van der Waals surface area contributed by atoms with Gasteiger partial charge in [-0.1, -0.05) is 11.2 Å². The summed E-state index contributed by atoms with van der Waals surface area (Å²) < 4.78 is 16.4. The van der Waals surface area contributed by atoms with Crippen molar-refractivity contribution >= 4 is 17.2 Å². The number of aryl methyl sites for hydroxylation is 2. The van der Waals surface area contributed by atoms with Crippen LogP contribution in [0, 0.1) is 0 Å². The molecule has 8 heteroatoms. The number of aromatic nitrogens is 2. The Morgan fingerprint density at radius 1 is 1.13 bits per heavy atom. The minimum atomic E-state index is -0.0430. The van der Waals surface area contributed by atoms with Crippen molar-refractivity contribution in [3.05, 3.63) is 46.1 Å². The highest BCUT2D eigenvalue weighted by Crippen LogP contribution is 2.37. The summed E-state index contributed by atoms with van der Waals surface area (Å²) in [6, 6.07) is 8.00. The average molecular weight is 423 g/mol. The van der Waals surface area contributed by atoms with E-state index in [2.05, 4.69) is 16.2 Å². The van der Waals surface area contributed by atoms with Gasteiger partial charge in [-0.3, -0.25) is 4.79 Å². The molecular formula is C22H21N3O4S. The lowest BCUT2D eigenvalue weighted by molar-refractivity contribution is -0.128. The summed E-state index contributed by atoms with van der Waals surface area (Å²) in [7, 11) is 0. The molecule has 2 aliphatic heterocycles. The van der Waals surface area contributed by atoms with Crippen molar-refractivity contribution < 1.29 is 18.8 Å². The lowest BCUT2D eigenvalue weighted by atomic mass is 9.99. The van der Waals surface area contributed by atoms with Crippen molar-refractivity contribution in [2.45, 2.75) is 44.6 Å². The van der Waals surface area contributed by atoms with E-state index in [1.165, 1.54) is 23.3 Å². The van der Waals surface area contributed by atoms with Gasteiger partial charge < -0.3 is 18.9 Å². The van der Waals surface area contributed by atoms with Crippen molar-refractivity contribution in [1.29, 1.82) is 0 Å². The molecule has 1 unspecified atom stereocenters. The van der Waals surface area contributed by atoms with Crippen LogP contribution in [-0.2, 0) is 24.2 Å². The highest BCUT2D eigenvalue weighted by Gasteiger charge is 2.34. The average Bonchev–Trinajstić information content (AvgIpc) is 3.53. The van der Waals surface area contributed by atoms with E-state index >= 15 is 0 Å². The SMILES string of the molecule is O=C1CC(c2noc(-c3cc4c(s3)CCCC4)n2)CN1Cc1ccc2c(c1)OCO2. The first kappa shape index (κ1) is 17.9. The van der Waals surface area contributed by atoms with E-state index in [0.717, 1.165) is 34.8 Å². The quantitative estimate of drug-likeness (QED) is 0.633.